The zero-order valence-corrected chi connectivity index (χ0v) is 17.4. The van der Waals surface area contributed by atoms with Crippen molar-refractivity contribution in [2.24, 2.45) is 0 Å². The molecule has 0 radical (unpaired) electrons. The predicted molar refractivity (Wildman–Crippen MR) is 116 cm³/mol. The highest BCUT2D eigenvalue weighted by Crippen LogP contribution is 2.24. The van der Waals surface area contributed by atoms with Gasteiger partial charge in [0, 0.05) is 12.6 Å². The third-order valence-corrected chi connectivity index (χ3v) is 7.42. The average Bonchev–Trinajstić information content (AvgIpc) is 3.07. The second-order valence-corrected chi connectivity index (χ2v) is 10.1. The molecule has 1 heterocycles. The van der Waals surface area contributed by atoms with E-state index in [1.54, 1.807) is 4.90 Å². The summed E-state index contributed by atoms with van der Waals surface area (Å²) >= 11 is 0. The second-order valence-electron chi connectivity index (χ2n) is 7.88. The number of hydrogen-bond donors (Lipinski definition) is 0. The molecule has 0 bridgehead atoms. The van der Waals surface area contributed by atoms with Crippen LogP contribution in [0.4, 0.5) is 0 Å². The zero-order valence-electron chi connectivity index (χ0n) is 16.5. The number of aryl methyl sites for hydroxylation is 1. The molecule has 1 atom stereocenters. The Morgan fingerprint density at radius 2 is 1.72 bits per heavy atom. The van der Waals surface area contributed by atoms with Crippen molar-refractivity contribution in [3.8, 4) is 0 Å². The lowest BCUT2D eigenvalue weighted by atomic mass is 10.0. The second kappa shape index (κ2) is 7.99. The molecule has 4 nitrogen and oxygen atoms in total. The molecule has 3 aromatic carbocycles. The largest absolute Gasteiger partial charge is 0.334 e. The highest BCUT2D eigenvalue weighted by atomic mass is 32.2. The molecule has 0 saturated carbocycles. The van der Waals surface area contributed by atoms with Gasteiger partial charge in [-0.15, -0.1) is 0 Å². The summed E-state index contributed by atoms with van der Waals surface area (Å²) in [5.74, 6) is 0.188. The van der Waals surface area contributed by atoms with Gasteiger partial charge < -0.3 is 4.90 Å². The van der Waals surface area contributed by atoms with E-state index >= 15 is 0 Å². The van der Waals surface area contributed by atoms with E-state index in [9.17, 15) is 13.2 Å². The van der Waals surface area contributed by atoms with Gasteiger partial charge in [0.15, 0.2) is 9.84 Å². The number of benzene rings is 3. The number of nitrogens with zero attached hydrogens (tertiary/aromatic N) is 1. The van der Waals surface area contributed by atoms with Crippen LogP contribution in [0.5, 0.6) is 0 Å². The lowest BCUT2D eigenvalue weighted by Gasteiger charge is -2.29. The van der Waals surface area contributed by atoms with Gasteiger partial charge in [0.25, 0.3) is 0 Å². The van der Waals surface area contributed by atoms with Crippen molar-refractivity contribution in [3.63, 3.8) is 0 Å². The van der Waals surface area contributed by atoms with Gasteiger partial charge in [0.2, 0.25) is 5.91 Å². The monoisotopic (exact) mass is 407 g/mol. The molecule has 0 aromatic heterocycles. The maximum absolute atomic E-state index is 13.4. The van der Waals surface area contributed by atoms with Crippen molar-refractivity contribution in [1.82, 2.24) is 4.90 Å². The Kier molecular flexibility index (Phi) is 5.41. The Labute approximate surface area is 172 Å². The van der Waals surface area contributed by atoms with Gasteiger partial charge in [-0.05, 0) is 35.2 Å². The summed E-state index contributed by atoms with van der Waals surface area (Å²) in [6.07, 6.45) is 0.777. The van der Waals surface area contributed by atoms with Crippen LogP contribution in [0.2, 0.25) is 0 Å². The van der Waals surface area contributed by atoms with E-state index in [0.29, 0.717) is 13.0 Å². The molecule has 0 aliphatic carbocycles. The zero-order chi connectivity index (χ0) is 20.4. The van der Waals surface area contributed by atoms with Crippen LogP contribution in [-0.2, 0) is 27.6 Å². The lowest BCUT2D eigenvalue weighted by Crippen LogP contribution is -2.41. The third-order valence-electron chi connectivity index (χ3n) is 5.66. The highest BCUT2D eigenvalue weighted by Gasteiger charge is 2.34. The molecule has 1 aliphatic rings. The van der Waals surface area contributed by atoms with E-state index in [1.807, 2.05) is 73.7 Å². The summed E-state index contributed by atoms with van der Waals surface area (Å²) in [7, 11) is -3.07. The smallest absolute Gasteiger partial charge is 0.227 e. The Balaban J connectivity index is 1.62. The normalized spacial score (nSPS) is 18.0. The molecule has 1 saturated heterocycles. The molecular formula is C24H25NO3S. The number of carbonyl (C=O) groups excluding carboxylic acids is 1. The third kappa shape index (κ3) is 4.51. The highest BCUT2D eigenvalue weighted by molar-refractivity contribution is 7.91. The predicted octanol–water partition coefficient (Wildman–Crippen LogP) is 3.91. The van der Waals surface area contributed by atoms with Crippen LogP contribution < -0.4 is 0 Å². The molecule has 3 aromatic rings. The number of sulfone groups is 1. The topological polar surface area (TPSA) is 54.5 Å². The minimum atomic E-state index is -3.07. The lowest BCUT2D eigenvalue weighted by molar-refractivity contribution is -0.133. The summed E-state index contributed by atoms with van der Waals surface area (Å²) < 4.78 is 24.1. The van der Waals surface area contributed by atoms with Gasteiger partial charge >= 0.3 is 0 Å². The number of rotatable bonds is 5. The summed E-state index contributed by atoms with van der Waals surface area (Å²) in [5, 5.41) is 2.17. The van der Waals surface area contributed by atoms with E-state index in [0.717, 1.165) is 27.5 Å². The summed E-state index contributed by atoms with van der Waals surface area (Å²) in [5.41, 5.74) is 3.15. The van der Waals surface area contributed by atoms with Crippen molar-refractivity contribution in [1.29, 1.82) is 0 Å². The van der Waals surface area contributed by atoms with Crippen LogP contribution >= 0.6 is 0 Å². The minimum Gasteiger partial charge on any atom is -0.334 e. The average molecular weight is 408 g/mol. The molecule has 1 unspecified atom stereocenters. The Morgan fingerprint density at radius 3 is 2.45 bits per heavy atom. The van der Waals surface area contributed by atoms with Crippen molar-refractivity contribution in [3.05, 3.63) is 83.4 Å². The van der Waals surface area contributed by atoms with Crippen molar-refractivity contribution >= 4 is 26.5 Å². The van der Waals surface area contributed by atoms with Crippen LogP contribution in [0.25, 0.3) is 10.8 Å². The number of fused-ring (bicyclic) bond motifs is 1. The van der Waals surface area contributed by atoms with Crippen LogP contribution in [0, 0.1) is 6.92 Å². The molecule has 1 fully saturated rings. The van der Waals surface area contributed by atoms with E-state index in [2.05, 4.69) is 0 Å². The standard InChI is InChI=1S/C24H25NO3S/c1-18-9-11-19(12-10-18)16-25(22-13-14-29(27,28)17-22)24(26)15-21-7-4-6-20-5-2-3-8-23(20)21/h2-12,22H,13-17H2,1H3. The molecule has 150 valence electrons. The van der Waals surface area contributed by atoms with Gasteiger partial charge in [-0.1, -0.05) is 72.3 Å². The van der Waals surface area contributed by atoms with Crippen LogP contribution in [0.15, 0.2) is 66.7 Å². The molecule has 5 heteroatoms. The maximum Gasteiger partial charge on any atom is 0.227 e. The number of amides is 1. The molecule has 1 aliphatic heterocycles. The maximum atomic E-state index is 13.4. The van der Waals surface area contributed by atoms with Crippen LogP contribution in [-0.4, -0.2) is 36.8 Å². The van der Waals surface area contributed by atoms with E-state index in [-0.39, 0.29) is 29.9 Å². The fraction of sp³-hybridized carbons (Fsp3) is 0.292. The number of carbonyl (C=O) groups is 1. The quantitative estimate of drug-likeness (QED) is 0.644. The minimum absolute atomic E-state index is 0.0240. The van der Waals surface area contributed by atoms with Gasteiger partial charge in [0.05, 0.1) is 17.9 Å². The van der Waals surface area contributed by atoms with Gasteiger partial charge in [-0.2, -0.15) is 0 Å². The molecular weight excluding hydrogens is 382 g/mol. The van der Waals surface area contributed by atoms with Crippen LogP contribution in [0.1, 0.15) is 23.1 Å². The van der Waals surface area contributed by atoms with E-state index in [4.69, 9.17) is 0 Å². The van der Waals surface area contributed by atoms with Crippen LogP contribution in [0.3, 0.4) is 0 Å². The first-order valence-corrected chi connectivity index (χ1v) is 11.8. The molecule has 29 heavy (non-hydrogen) atoms. The Morgan fingerprint density at radius 1 is 1.00 bits per heavy atom. The molecule has 1 amide bonds. The fourth-order valence-electron chi connectivity index (χ4n) is 4.04. The van der Waals surface area contributed by atoms with E-state index in [1.165, 1.54) is 0 Å². The first kappa shape index (κ1) is 19.6. The fourth-order valence-corrected chi connectivity index (χ4v) is 5.77. The van der Waals surface area contributed by atoms with Crippen molar-refractivity contribution in [2.75, 3.05) is 11.5 Å². The van der Waals surface area contributed by atoms with Crippen molar-refractivity contribution in [2.45, 2.75) is 32.4 Å². The first-order valence-electron chi connectivity index (χ1n) is 9.93. The first-order chi connectivity index (χ1) is 13.9. The number of hydrogen-bond acceptors (Lipinski definition) is 3. The summed E-state index contributed by atoms with van der Waals surface area (Å²) in [6.45, 7) is 2.46. The van der Waals surface area contributed by atoms with Crippen molar-refractivity contribution < 1.29 is 13.2 Å². The van der Waals surface area contributed by atoms with E-state index < -0.39 is 9.84 Å². The Bertz CT molecular complexity index is 1130. The molecule has 0 N–H and O–H groups in total. The summed E-state index contributed by atoms with van der Waals surface area (Å²) in [6, 6.07) is 21.8. The molecule has 4 rings (SSSR count). The summed E-state index contributed by atoms with van der Waals surface area (Å²) in [4.78, 5) is 15.1. The van der Waals surface area contributed by atoms with Gasteiger partial charge in [-0.25, -0.2) is 8.42 Å². The molecule has 0 spiro atoms. The SMILES string of the molecule is Cc1ccc(CN(C(=O)Cc2cccc3ccccc23)C2CCS(=O)(=O)C2)cc1. The van der Waals surface area contributed by atoms with Gasteiger partial charge in [-0.3, -0.25) is 4.79 Å². The Hall–Kier alpha value is -2.66. The van der Waals surface area contributed by atoms with Gasteiger partial charge in [0.1, 0.15) is 0 Å².